The summed E-state index contributed by atoms with van der Waals surface area (Å²) in [6, 6.07) is 14.8. The molecule has 0 saturated heterocycles. The zero-order valence-electron chi connectivity index (χ0n) is 24.9. The van der Waals surface area contributed by atoms with Crippen LogP contribution in [0.2, 0.25) is 0 Å². The molecule has 3 aliphatic heterocycles. The molecule has 43 heavy (non-hydrogen) atoms. The van der Waals surface area contributed by atoms with Crippen LogP contribution >= 0.6 is 0 Å². The third-order valence-electron chi connectivity index (χ3n) is 8.50. The molecule has 1 unspecified atom stereocenters. The van der Waals surface area contributed by atoms with E-state index in [0.717, 1.165) is 57.3 Å². The van der Waals surface area contributed by atoms with Crippen molar-refractivity contribution in [3.8, 4) is 11.5 Å². The molecule has 0 aliphatic carbocycles. The van der Waals surface area contributed by atoms with Gasteiger partial charge in [-0.05, 0) is 92.6 Å². The van der Waals surface area contributed by atoms with Crippen LogP contribution in [0.1, 0.15) is 78.5 Å². The van der Waals surface area contributed by atoms with E-state index in [1.807, 2.05) is 61.9 Å². The van der Waals surface area contributed by atoms with Gasteiger partial charge in [0.05, 0.1) is 31.2 Å². The van der Waals surface area contributed by atoms with Gasteiger partial charge >= 0.3 is 16.3 Å². The topological polar surface area (TPSA) is 113 Å². The number of nitrogens with zero attached hydrogens (tertiary/aromatic N) is 4. The first-order valence-corrected chi connectivity index (χ1v) is 16.1. The Morgan fingerprint density at radius 1 is 1.07 bits per heavy atom. The molecule has 3 aliphatic rings. The number of carbonyl (C=O) groups excluding carboxylic acids is 1. The summed E-state index contributed by atoms with van der Waals surface area (Å²) >= 11 is 0. The first-order valence-electron chi connectivity index (χ1n) is 14.7. The maximum absolute atomic E-state index is 13.4. The molecule has 11 heteroatoms. The van der Waals surface area contributed by atoms with Gasteiger partial charge in [0.15, 0.2) is 0 Å². The molecule has 0 N–H and O–H groups in total. The van der Waals surface area contributed by atoms with Gasteiger partial charge in [-0.3, -0.25) is 4.79 Å². The van der Waals surface area contributed by atoms with E-state index in [2.05, 4.69) is 10.3 Å². The summed E-state index contributed by atoms with van der Waals surface area (Å²) in [6.45, 7) is 9.26. The van der Waals surface area contributed by atoms with Crippen molar-refractivity contribution in [2.24, 2.45) is 0 Å². The third-order valence-corrected chi connectivity index (χ3v) is 9.90. The van der Waals surface area contributed by atoms with Gasteiger partial charge in [-0.25, -0.2) is 4.68 Å². The summed E-state index contributed by atoms with van der Waals surface area (Å²) in [6.07, 6.45) is 1.78. The number of benzene rings is 3. The summed E-state index contributed by atoms with van der Waals surface area (Å²) in [5.74, 6) is 0.340. The van der Waals surface area contributed by atoms with Gasteiger partial charge in [-0.2, -0.15) is 12.7 Å². The molecule has 1 aromatic heterocycles. The number of carbonyl (C=O) groups is 1. The van der Waals surface area contributed by atoms with Crippen molar-refractivity contribution in [3.63, 3.8) is 0 Å². The highest BCUT2D eigenvalue weighted by Gasteiger charge is 2.37. The third kappa shape index (κ3) is 5.59. The second-order valence-corrected chi connectivity index (χ2v) is 12.7. The van der Waals surface area contributed by atoms with E-state index in [4.69, 9.17) is 13.7 Å². The average Bonchev–Trinajstić information content (AvgIpc) is 3.39. The standard InChI is InChI=1S/C32H36N4O6S/c1-5-40-31(37)18-28-23-9-8-20(2)27(17-23)22(4)36-19-24-16-25(10-13-30(24)42-43(36,38)39)41-15-7-6-14-35-29-12-11-26(28)21(3)32(29)33-34-35/h8-13,16-17,22,28H,5-7,14-15,18-19H2,1-4H3/t22-,28+/m1/s1. The fraction of sp³-hybridized carbons (Fsp3) is 0.406. The lowest BCUT2D eigenvalue weighted by atomic mass is 9.83. The van der Waals surface area contributed by atoms with Crippen LogP contribution in [-0.2, 0) is 32.9 Å². The van der Waals surface area contributed by atoms with E-state index in [-0.39, 0.29) is 31.5 Å². The SMILES string of the molecule is CCOC(=O)C[C@H]1c2ccc(C)c(c2)[C@@H](C)N2Cc3cc(ccc3OS2(=O)=O)OCCCCn2nnc3c(C)c1ccc32. The molecular weight excluding hydrogens is 568 g/mol. The lowest BCUT2D eigenvalue weighted by Gasteiger charge is -2.33. The van der Waals surface area contributed by atoms with Crippen molar-refractivity contribution in [1.29, 1.82) is 0 Å². The minimum absolute atomic E-state index is 0.131. The molecule has 0 amide bonds. The lowest BCUT2D eigenvalue weighted by molar-refractivity contribution is -0.143. The Kier molecular flexibility index (Phi) is 7.87. The molecular formula is C32H36N4O6S. The van der Waals surface area contributed by atoms with E-state index in [1.165, 1.54) is 4.31 Å². The van der Waals surface area contributed by atoms with Crippen LogP contribution in [0.5, 0.6) is 11.5 Å². The van der Waals surface area contributed by atoms with Crippen LogP contribution < -0.4 is 8.92 Å². The van der Waals surface area contributed by atoms with Crippen LogP contribution in [0, 0.1) is 13.8 Å². The van der Waals surface area contributed by atoms with Crippen LogP contribution in [0.3, 0.4) is 0 Å². The summed E-state index contributed by atoms with van der Waals surface area (Å²) < 4.78 is 47.0. The Morgan fingerprint density at radius 2 is 1.91 bits per heavy atom. The minimum atomic E-state index is -4.06. The predicted octanol–water partition coefficient (Wildman–Crippen LogP) is 5.51. The van der Waals surface area contributed by atoms with Crippen LogP contribution in [0.25, 0.3) is 11.0 Å². The van der Waals surface area contributed by atoms with E-state index in [9.17, 15) is 13.2 Å². The Labute approximate surface area is 251 Å². The maximum Gasteiger partial charge on any atom is 0.386 e. The molecule has 226 valence electrons. The van der Waals surface area contributed by atoms with E-state index in [1.54, 1.807) is 19.1 Å². The van der Waals surface area contributed by atoms with Crippen molar-refractivity contribution >= 4 is 27.3 Å². The van der Waals surface area contributed by atoms with Crippen LogP contribution in [0.15, 0.2) is 48.5 Å². The van der Waals surface area contributed by atoms with Gasteiger partial charge in [0.2, 0.25) is 0 Å². The zero-order chi connectivity index (χ0) is 30.3. The van der Waals surface area contributed by atoms with Gasteiger partial charge in [0.1, 0.15) is 17.0 Å². The minimum Gasteiger partial charge on any atom is -0.494 e. The maximum atomic E-state index is 13.4. The molecule has 3 atom stereocenters. The highest BCUT2D eigenvalue weighted by Crippen LogP contribution is 2.40. The molecule has 0 fully saturated rings. The molecule has 10 nitrogen and oxygen atoms in total. The van der Waals surface area contributed by atoms with Crippen molar-refractivity contribution in [2.75, 3.05) is 13.2 Å². The number of rotatable bonds is 3. The fourth-order valence-electron chi connectivity index (χ4n) is 6.14. The number of ether oxygens (including phenoxy) is 2. The summed E-state index contributed by atoms with van der Waals surface area (Å²) in [7, 11) is -4.06. The molecule has 4 heterocycles. The van der Waals surface area contributed by atoms with Gasteiger partial charge in [-0.15, -0.1) is 5.10 Å². The molecule has 0 spiro atoms. The first kappa shape index (κ1) is 29.1. The van der Waals surface area contributed by atoms with Crippen molar-refractivity contribution in [3.05, 3.63) is 81.9 Å². The summed E-state index contributed by atoms with van der Waals surface area (Å²) in [4.78, 5) is 12.9. The van der Waals surface area contributed by atoms with Gasteiger partial charge in [0, 0.05) is 24.6 Å². The number of hydrogen-bond acceptors (Lipinski definition) is 8. The van der Waals surface area contributed by atoms with Gasteiger partial charge in [0.25, 0.3) is 0 Å². The average molecular weight is 605 g/mol. The highest BCUT2D eigenvalue weighted by molar-refractivity contribution is 7.84. The summed E-state index contributed by atoms with van der Waals surface area (Å²) in [5, 5.41) is 8.96. The van der Waals surface area contributed by atoms with E-state index < -0.39 is 16.3 Å². The van der Waals surface area contributed by atoms with Gasteiger partial charge < -0.3 is 13.7 Å². The zero-order valence-corrected chi connectivity index (χ0v) is 25.7. The summed E-state index contributed by atoms with van der Waals surface area (Å²) in [5.41, 5.74) is 7.01. The normalized spacial score (nSPS) is 21.3. The number of aromatic nitrogens is 3. The molecule has 7 rings (SSSR count). The van der Waals surface area contributed by atoms with E-state index >= 15 is 0 Å². The number of esters is 1. The van der Waals surface area contributed by atoms with E-state index in [0.29, 0.717) is 24.7 Å². The van der Waals surface area contributed by atoms with Crippen molar-refractivity contribution in [2.45, 2.75) is 72.0 Å². The lowest BCUT2D eigenvalue weighted by Crippen LogP contribution is -2.39. The van der Waals surface area contributed by atoms with Crippen LogP contribution in [0.4, 0.5) is 0 Å². The molecule has 0 radical (unpaired) electrons. The Balaban J connectivity index is 1.50. The first-order chi connectivity index (χ1) is 20.7. The van der Waals surface area contributed by atoms with Gasteiger partial charge in [-0.1, -0.05) is 29.5 Å². The quantitative estimate of drug-likeness (QED) is 0.282. The highest BCUT2D eigenvalue weighted by atomic mass is 32.2. The largest absolute Gasteiger partial charge is 0.494 e. The number of hydrogen-bond donors (Lipinski definition) is 0. The molecule has 0 saturated carbocycles. The second kappa shape index (κ2) is 11.6. The molecule has 4 aromatic rings. The number of aryl methyl sites for hydroxylation is 3. The monoisotopic (exact) mass is 604 g/mol. The van der Waals surface area contributed by atoms with Crippen molar-refractivity contribution in [1.82, 2.24) is 19.3 Å². The smallest absolute Gasteiger partial charge is 0.386 e. The second-order valence-electron chi connectivity index (χ2n) is 11.2. The van der Waals surface area contributed by atoms with Crippen molar-refractivity contribution < 1.29 is 26.9 Å². The Hall–Kier alpha value is -3.96. The number of fused-ring (bicyclic) bond motifs is 5. The fourth-order valence-corrected chi connectivity index (χ4v) is 7.43. The molecule has 3 aromatic carbocycles. The molecule has 9 bridgehead atoms. The van der Waals surface area contributed by atoms with Crippen LogP contribution in [-0.4, -0.2) is 46.9 Å². The Morgan fingerprint density at radius 3 is 2.72 bits per heavy atom. The Bertz CT molecular complexity index is 1800. The predicted molar refractivity (Wildman–Crippen MR) is 161 cm³/mol.